The van der Waals surface area contributed by atoms with Crippen LogP contribution in [0, 0.1) is 6.92 Å². The minimum Gasteiger partial charge on any atom is -0.267 e. The van der Waals surface area contributed by atoms with E-state index in [0.29, 0.717) is 5.56 Å². The summed E-state index contributed by atoms with van der Waals surface area (Å²) in [7, 11) is 0. The van der Waals surface area contributed by atoms with Crippen molar-refractivity contribution in [2.45, 2.75) is 6.92 Å². The third-order valence-corrected chi connectivity index (χ3v) is 2.34. The van der Waals surface area contributed by atoms with E-state index in [1.165, 1.54) is 0 Å². The highest BCUT2D eigenvalue weighted by atomic mass is 16.2. The van der Waals surface area contributed by atoms with E-state index in [4.69, 9.17) is 0 Å². The van der Waals surface area contributed by atoms with Crippen molar-refractivity contribution >= 4 is 12.1 Å². The number of pyridine rings is 1. The van der Waals surface area contributed by atoms with Gasteiger partial charge in [-0.15, -0.1) is 0 Å². The van der Waals surface area contributed by atoms with E-state index in [-0.39, 0.29) is 5.91 Å². The normalized spacial score (nSPS) is 10.5. The molecule has 90 valence electrons. The number of benzene rings is 1. The number of aromatic nitrogens is 1. The molecule has 0 saturated carbocycles. The van der Waals surface area contributed by atoms with E-state index >= 15 is 0 Å². The van der Waals surface area contributed by atoms with Crippen LogP contribution in [-0.2, 0) is 0 Å². The molecule has 0 spiro atoms. The first-order valence-electron chi connectivity index (χ1n) is 5.56. The summed E-state index contributed by atoms with van der Waals surface area (Å²) < 4.78 is 0. The Morgan fingerprint density at radius 1 is 1.33 bits per heavy atom. The van der Waals surface area contributed by atoms with E-state index in [1.807, 2.05) is 37.3 Å². The van der Waals surface area contributed by atoms with Crippen LogP contribution in [0.1, 0.15) is 21.5 Å². The van der Waals surface area contributed by atoms with Crippen molar-refractivity contribution < 1.29 is 4.79 Å². The Morgan fingerprint density at radius 3 is 2.94 bits per heavy atom. The van der Waals surface area contributed by atoms with Gasteiger partial charge in [0.15, 0.2) is 0 Å². The molecule has 0 fully saturated rings. The van der Waals surface area contributed by atoms with Gasteiger partial charge < -0.3 is 0 Å². The van der Waals surface area contributed by atoms with Gasteiger partial charge >= 0.3 is 0 Å². The third kappa shape index (κ3) is 3.25. The standard InChI is InChI=1S/C14H13N3O/c1-11-4-2-6-13(8-11)14(18)17-16-10-12-5-3-7-15-9-12/h2-10H,1H3,(H,17,18)/b16-10-. The van der Waals surface area contributed by atoms with Gasteiger partial charge in [-0.25, -0.2) is 5.43 Å². The fraction of sp³-hybridized carbons (Fsp3) is 0.0714. The quantitative estimate of drug-likeness (QED) is 0.659. The first kappa shape index (κ1) is 12.0. The Labute approximate surface area is 105 Å². The largest absolute Gasteiger partial charge is 0.271 e. The zero-order valence-electron chi connectivity index (χ0n) is 10.00. The SMILES string of the molecule is Cc1cccc(C(=O)N/N=C\c2cccnc2)c1. The molecular formula is C14H13N3O. The predicted molar refractivity (Wildman–Crippen MR) is 70.5 cm³/mol. The van der Waals surface area contributed by atoms with E-state index in [2.05, 4.69) is 15.5 Å². The smallest absolute Gasteiger partial charge is 0.267 e. The lowest BCUT2D eigenvalue weighted by molar-refractivity contribution is 0.0955. The molecule has 1 amide bonds. The van der Waals surface area contributed by atoms with Crippen LogP contribution in [0.4, 0.5) is 0 Å². The van der Waals surface area contributed by atoms with Crippen molar-refractivity contribution in [3.63, 3.8) is 0 Å². The summed E-state index contributed by atoms with van der Waals surface area (Å²) >= 11 is 0. The van der Waals surface area contributed by atoms with Gasteiger partial charge in [0.1, 0.15) is 0 Å². The van der Waals surface area contributed by atoms with Crippen LogP contribution < -0.4 is 5.43 Å². The number of hydrogen-bond donors (Lipinski definition) is 1. The zero-order chi connectivity index (χ0) is 12.8. The van der Waals surface area contributed by atoms with Crippen LogP contribution >= 0.6 is 0 Å². The van der Waals surface area contributed by atoms with Crippen LogP contribution in [0.15, 0.2) is 53.9 Å². The molecule has 0 aliphatic rings. The minimum absolute atomic E-state index is 0.223. The molecule has 1 heterocycles. The van der Waals surface area contributed by atoms with Gasteiger partial charge in [0.2, 0.25) is 0 Å². The second-order valence-corrected chi connectivity index (χ2v) is 3.85. The first-order chi connectivity index (χ1) is 8.75. The van der Waals surface area contributed by atoms with Crippen LogP contribution in [-0.4, -0.2) is 17.1 Å². The molecule has 0 saturated heterocycles. The lowest BCUT2D eigenvalue weighted by Crippen LogP contribution is -2.17. The number of amides is 1. The van der Waals surface area contributed by atoms with Crippen molar-refractivity contribution in [1.29, 1.82) is 0 Å². The zero-order valence-corrected chi connectivity index (χ0v) is 10.00. The maximum atomic E-state index is 11.7. The topological polar surface area (TPSA) is 54.4 Å². The average molecular weight is 239 g/mol. The number of hydrazone groups is 1. The van der Waals surface area contributed by atoms with Crippen LogP contribution in [0.3, 0.4) is 0 Å². The molecule has 2 aromatic rings. The Morgan fingerprint density at radius 2 is 2.22 bits per heavy atom. The second kappa shape index (κ2) is 5.72. The highest BCUT2D eigenvalue weighted by Gasteiger charge is 2.02. The Kier molecular flexibility index (Phi) is 3.81. The Bertz CT molecular complexity index is 564. The third-order valence-electron chi connectivity index (χ3n) is 2.34. The summed E-state index contributed by atoms with van der Waals surface area (Å²) in [5.41, 5.74) is 4.95. The molecule has 18 heavy (non-hydrogen) atoms. The second-order valence-electron chi connectivity index (χ2n) is 3.85. The van der Waals surface area contributed by atoms with E-state index in [9.17, 15) is 4.79 Å². The van der Waals surface area contributed by atoms with Gasteiger partial charge in [-0.3, -0.25) is 9.78 Å². The van der Waals surface area contributed by atoms with Gasteiger partial charge in [-0.1, -0.05) is 23.8 Å². The maximum absolute atomic E-state index is 11.7. The predicted octanol–water partition coefficient (Wildman–Crippen LogP) is 2.15. The summed E-state index contributed by atoms with van der Waals surface area (Å²) in [5, 5.41) is 3.88. The van der Waals surface area contributed by atoms with Crippen molar-refractivity contribution in [2.24, 2.45) is 5.10 Å². The van der Waals surface area contributed by atoms with Gasteiger partial charge in [0, 0.05) is 23.5 Å². The number of hydrogen-bond acceptors (Lipinski definition) is 3. The fourth-order valence-corrected chi connectivity index (χ4v) is 1.47. The highest BCUT2D eigenvalue weighted by Crippen LogP contribution is 2.03. The van der Waals surface area contributed by atoms with Crippen molar-refractivity contribution in [3.05, 3.63) is 65.5 Å². The lowest BCUT2D eigenvalue weighted by atomic mass is 10.1. The highest BCUT2D eigenvalue weighted by molar-refractivity contribution is 5.94. The summed E-state index contributed by atoms with van der Waals surface area (Å²) in [6.07, 6.45) is 4.91. The molecule has 0 aliphatic carbocycles. The Balaban J connectivity index is 1.99. The Hall–Kier alpha value is -2.49. The number of carbonyl (C=O) groups excluding carboxylic acids is 1. The van der Waals surface area contributed by atoms with E-state index < -0.39 is 0 Å². The molecule has 4 heteroatoms. The molecule has 0 radical (unpaired) electrons. The van der Waals surface area contributed by atoms with E-state index in [1.54, 1.807) is 24.7 Å². The molecule has 0 unspecified atom stereocenters. The van der Waals surface area contributed by atoms with Crippen LogP contribution in [0.25, 0.3) is 0 Å². The van der Waals surface area contributed by atoms with E-state index in [0.717, 1.165) is 11.1 Å². The monoisotopic (exact) mass is 239 g/mol. The van der Waals surface area contributed by atoms with Crippen molar-refractivity contribution in [2.75, 3.05) is 0 Å². The number of rotatable bonds is 3. The molecule has 4 nitrogen and oxygen atoms in total. The van der Waals surface area contributed by atoms with Crippen molar-refractivity contribution in [3.8, 4) is 0 Å². The lowest BCUT2D eigenvalue weighted by Gasteiger charge is -2.00. The molecule has 1 aromatic heterocycles. The summed E-state index contributed by atoms with van der Waals surface area (Å²) in [4.78, 5) is 15.7. The average Bonchev–Trinajstić information content (AvgIpc) is 2.40. The first-order valence-corrected chi connectivity index (χ1v) is 5.56. The molecule has 0 bridgehead atoms. The molecular weight excluding hydrogens is 226 g/mol. The maximum Gasteiger partial charge on any atom is 0.271 e. The summed E-state index contributed by atoms with van der Waals surface area (Å²) in [6, 6.07) is 11.0. The molecule has 2 rings (SSSR count). The van der Waals surface area contributed by atoms with Gasteiger partial charge in [0.05, 0.1) is 6.21 Å². The molecule has 0 aliphatic heterocycles. The number of nitrogens with zero attached hydrogens (tertiary/aromatic N) is 2. The molecule has 1 N–H and O–H groups in total. The molecule has 0 atom stereocenters. The minimum atomic E-state index is -0.223. The number of nitrogens with one attached hydrogen (secondary N) is 1. The fourth-order valence-electron chi connectivity index (χ4n) is 1.47. The van der Waals surface area contributed by atoms with Gasteiger partial charge in [-0.2, -0.15) is 5.10 Å². The van der Waals surface area contributed by atoms with Gasteiger partial charge in [0.25, 0.3) is 5.91 Å². The van der Waals surface area contributed by atoms with Crippen molar-refractivity contribution in [1.82, 2.24) is 10.4 Å². The molecule has 1 aromatic carbocycles. The van der Waals surface area contributed by atoms with Crippen LogP contribution in [0.5, 0.6) is 0 Å². The van der Waals surface area contributed by atoms with Crippen LogP contribution in [0.2, 0.25) is 0 Å². The summed E-state index contributed by atoms with van der Waals surface area (Å²) in [5.74, 6) is -0.223. The van der Waals surface area contributed by atoms with Gasteiger partial charge in [-0.05, 0) is 25.1 Å². The number of carbonyl (C=O) groups is 1. The summed E-state index contributed by atoms with van der Waals surface area (Å²) in [6.45, 7) is 1.94. The number of aryl methyl sites for hydroxylation is 1.